The van der Waals surface area contributed by atoms with Crippen LogP contribution in [0.1, 0.15) is 13.8 Å². The van der Waals surface area contributed by atoms with E-state index in [0.717, 1.165) is 21.8 Å². The largest absolute Gasteiger partial charge is 0.360 e. The average molecular weight is 189 g/mol. The summed E-state index contributed by atoms with van der Waals surface area (Å²) < 4.78 is 1.04. The molecule has 0 spiro atoms. The fourth-order valence-electron chi connectivity index (χ4n) is 0.614. The predicted molar refractivity (Wildman–Crippen MR) is 50.5 cm³/mol. The van der Waals surface area contributed by atoms with Crippen LogP contribution in [-0.4, -0.2) is 22.5 Å². The van der Waals surface area contributed by atoms with Gasteiger partial charge in [-0.1, -0.05) is 30.0 Å². The first-order valence-corrected chi connectivity index (χ1v) is 5.37. The molecule has 0 saturated heterocycles. The molecule has 0 amide bonds. The van der Waals surface area contributed by atoms with Gasteiger partial charge in [0.2, 0.25) is 5.13 Å². The van der Waals surface area contributed by atoms with Crippen LogP contribution < -0.4 is 5.32 Å². The molecule has 0 unspecified atom stereocenters. The summed E-state index contributed by atoms with van der Waals surface area (Å²) >= 11 is 3.34. The van der Waals surface area contributed by atoms with Crippen molar-refractivity contribution in [1.82, 2.24) is 10.2 Å². The lowest BCUT2D eigenvalue weighted by Gasteiger charge is -1.91. The van der Waals surface area contributed by atoms with Gasteiger partial charge in [-0.15, -0.1) is 10.2 Å². The maximum atomic E-state index is 3.99. The van der Waals surface area contributed by atoms with Crippen LogP contribution in [0.25, 0.3) is 0 Å². The van der Waals surface area contributed by atoms with Gasteiger partial charge in [0.1, 0.15) is 0 Å². The first-order valence-electron chi connectivity index (χ1n) is 3.57. The molecule has 0 aliphatic rings. The fraction of sp³-hybridized carbons (Fsp3) is 0.667. The van der Waals surface area contributed by atoms with Crippen molar-refractivity contribution in [2.45, 2.75) is 18.2 Å². The highest BCUT2D eigenvalue weighted by atomic mass is 32.2. The molecular weight excluding hydrogens is 178 g/mol. The van der Waals surface area contributed by atoms with Crippen molar-refractivity contribution in [3.05, 3.63) is 0 Å². The van der Waals surface area contributed by atoms with Gasteiger partial charge in [-0.25, -0.2) is 0 Å². The number of nitrogens with one attached hydrogen (secondary N) is 1. The molecule has 0 atom stereocenters. The van der Waals surface area contributed by atoms with Crippen LogP contribution in [0.5, 0.6) is 0 Å². The Morgan fingerprint density at radius 1 is 1.45 bits per heavy atom. The van der Waals surface area contributed by atoms with Crippen LogP contribution in [0.3, 0.4) is 0 Å². The molecule has 5 heteroatoms. The van der Waals surface area contributed by atoms with E-state index in [4.69, 9.17) is 0 Å². The van der Waals surface area contributed by atoms with Gasteiger partial charge in [-0.05, 0) is 12.7 Å². The summed E-state index contributed by atoms with van der Waals surface area (Å²) in [4.78, 5) is 0. The van der Waals surface area contributed by atoms with Gasteiger partial charge in [0, 0.05) is 6.54 Å². The predicted octanol–water partition coefficient (Wildman–Crippen LogP) is 2.08. The molecule has 3 nitrogen and oxygen atoms in total. The zero-order chi connectivity index (χ0) is 8.10. The molecule has 62 valence electrons. The number of rotatable bonds is 4. The van der Waals surface area contributed by atoms with E-state index in [1.54, 1.807) is 23.1 Å². The number of thioether (sulfide) groups is 1. The summed E-state index contributed by atoms with van der Waals surface area (Å²) in [7, 11) is 0. The second-order valence-corrected chi connectivity index (χ2v) is 4.33. The maximum Gasteiger partial charge on any atom is 0.206 e. The minimum atomic E-state index is 0.908. The Morgan fingerprint density at radius 2 is 2.27 bits per heavy atom. The van der Waals surface area contributed by atoms with Gasteiger partial charge in [-0.2, -0.15) is 0 Å². The summed E-state index contributed by atoms with van der Waals surface area (Å²) in [6.07, 6.45) is 0. The second-order valence-electron chi connectivity index (χ2n) is 1.84. The normalized spacial score (nSPS) is 10.0. The molecule has 0 saturated carbocycles. The van der Waals surface area contributed by atoms with E-state index in [0.29, 0.717) is 0 Å². The van der Waals surface area contributed by atoms with Crippen molar-refractivity contribution in [3.63, 3.8) is 0 Å². The van der Waals surface area contributed by atoms with Crippen LogP contribution in [0.2, 0.25) is 0 Å². The number of nitrogens with zero attached hydrogens (tertiary/aromatic N) is 2. The van der Waals surface area contributed by atoms with Gasteiger partial charge in [-0.3, -0.25) is 0 Å². The first-order chi connectivity index (χ1) is 5.36. The lowest BCUT2D eigenvalue weighted by Crippen LogP contribution is -1.94. The third kappa shape index (κ3) is 2.67. The Labute approximate surface area is 74.6 Å². The summed E-state index contributed by atoms with van der Waals surface area (Å²) in [5, 5.41) is 12.0. The Hall–Kier alpha value is -0.290. The molecule has 1 N–H and O–H groups in total. The van der Waals surface area contributed by atoms with E-state index in [-0.39, 0.29) is 0 Å². The molecule has 0 aliphatic heterocycles. The maximum absolute atomic E-state index is 3.99. The van der Waals surface area contributed by atoms with Crippen molar-refractivity contribution < 1.29 is 0 Å². The van der Waals surface area contributed by atoms with Crippen molar-refractivity contribution in [1.29, 1.82) is 0 Å². The Bertz CT molecular complexity index is 191. The van der Waals surface area contributed by atoms with E-state index in [1.807, 2.05) is 6.92 Å². The van der Waals surface area contributed by atoms with Gasteiger partial charge in [0.25, 0.3) is 0 Å². The van der Waals surface area contributed by atoms with E-state index >= 15 is 0 Å². The lowest BCUT2D eigenvalue weighted by atomic mass is 10.8. The van der Waals surface area contributed by atoms with E-state index < -0.39 is 0 Å². The first kappa shape index (κ1) is 8.80. The average Bonchev–Trinajstić information content (AvgIpc) is 2.38. The molecule has 0 fully saturated rings. The number of hydrogen-bond donors (Lipinski definition) is 1. The standard InChI is InChI=1S/C6H11N3S2/c1-3-7-5-8-9-6(11-5)10-4-2/h3-4H2,1-2H3,(H,7,8). The molecule has 1 rings (SSSR count). The second kappa shape index (κ2) is 4.56. The summed E-state index contributed by atoms with van der Waals surface area (Å²) in [5.74, 6) is 1.06. The van der Waals surface area contributed by atoms with E-state index in [9.17, 15) is 0 Å². The molecule has 1 aromatic heterocycles. The van der Waals surface area contributed by atoms with Gasteiger partial charge in [0.05, 0.1) is 0 Å². The third-order valence-electron chi connectivity index (χ3n) is 1.00. The van der Waals surface area contributed by atoms with Gasteiger partial charge >= 0.3 is 0 Å². The molecule has 1 heterocycles. The molecule has 0 aliphatic carbocycles. The zero-order valence-electron chi connectivity index (χ0n) is 6.63. The van der Waals surface area contributed by atoms with Crippen molar-refractivity contribution in [2.75, 3.05) is 17.6 Å². The Balaban J connectivity index is 2.51. The molecule has 11 heavy (non-hydrogen) atoms. The Kier molecular flexibility index (Phi) is 3.65. The number of anilines is 1. The van der Waals surface area contributed by atoms with Crippen LogP contribution in [0, 0.1) is 0 Å². The summed E-state index contributed by atoms with van der Waals surface area (Å²) in [6.45, 7) is 5.07. The monoisotopic (exact) mass is 189 g/mol. The highest BCUT2D eigenvalue weighted by molar-refractivity contribution is 8.01. The summed E-state index contributed by atoms with van der Waals surface area (Å²) in [5.41, 5.74) is 0. The van der Waals surface area contributed by atoms with Crippen LogP contribution in [0.4, 0.5) is 5.13 Å². The quantitative estimate of drug-likeness (QED) is 0.736. The topological polar surface area (TPSA) is 37.8 Å². The molecule has 0 radical (unpaired) electrons. The highest BCUT2D eigenvalue weighted by Gasteiger charge is 2.00. The van der Waals surface area contributed by atoms with E-state index in [2.05, 4.69) is 22.4 Å². The van der Waals surface area contributed by atoms with Gasteiger partial charge < -0.3 is 5.32 Å². The van der Waals surface area contributed by atoms with E-state index in [1.165, 1.54) is 0 Å². The van der Waals surface area contributed by atoms with Crippen molar-refractivity contribution >= 4 is 28.2 Å². The highest BCUT2D eigenvalue weighted by Crippen LogP contribution is 2.24. The minimum absolute atomic E-state index is 0.908. The smallest absolute Gasteiger partial charge is 0.206 e. The van der Waals surface area contributed by atoms with Crippen molar-refractivity contribution in [2.24, 2.45) is 0 Å². The van der Waals surface area contributed by atoms with Crippen molar-refractivity contribution in [3.8, 4) is 0 Å². The van der Waals surface area contributed by atoms with Gasteiger partial charge in [0.15, 0.2) is 4.34 Å². The number of hydrogen-bond acceptors (Lipinski definition) is 5. The minimum Gasteiger partial charge on any atom is -0.360 e. The Morgan fingerprint density at radius 3 is 2.91 bits per heavy atom. The summed E-state index contributed by atoms with van der Waals surface area (Å²) in [6, 6.07) is 0. The SMILES string of the molecule is CCNc1nnc(SCC)s1. The molecule has 1 aromatic rings. The van der Waals surface area contributed by atoms with Crippen LogP contribution in [-0.2, 0) is 0 Å². The lowest BCUT2D eigenvalue weighted by molar-refractivity contribution is 1.00. The van der Waals surface area contributed by atoms with Crippen LogP contribution in [0.15, 0.2) is 4.34 Å². The molecule has 0 aromatic carbocycles. The molecule has 0 bridgehead atoms. The molecular formula is C6H11N3S2. The third-order valence-corrected chi connectivity index (χ3v) is 2.90. The zero-order valence-corrected chi connectivity index (χ0v) is 8.26. The van der Waals surface area contributed by atoms with Crippen LogP contribution >= 0.6 is 23.1 Å². The fourth-order valence-corrected chi connectivity index (χ4v) is 2.33. The number of aromatic nitrogens is 2.